The van der Waals surface area contributed by atoms with Gasteiger partial charge in [-0.2, -0.15) is 0 Å². The predicted molar refractivity (Wildman–Crippen MR) is 109 cm³/mol. The monoisotopic (exact) mass is 379 g/mol. The summed E-state index contributed by atoms with van der Waals surface area (Å²) >= 11 is 5.99. The zero-order valence-electron chi connectivity index (χ0n) is 15.4. The molecule has 0 saturated carbocycles. The molecule has 0 aromatic heterocycles. The summed E-state index contributed by atoms with van der Waals surface area (Å²) in [7, 11) is 0. The molecule has 3 aromatic rings. The van der Waals surface area contributed by atoms with Gasteiger partial charge in [0.25, 0.3) is 5.91 Å². The van der Waals surface area contributed by atoms with Crippen LogP contribution in [-0.4, -0.2) is 12.0 Å². The van der Waals surface area contributed by atoms with Gasteiger partial charge >= 0.3 is 0 Å². The van der Waals surface area contributed by atoms with Gasteiger partial charge in [-0.25, -0.2) is 0 Å². The number of aryl methyl sites for hydroxylation is 1. The lowest BCUT2D eigenvalue weighted by molar-refractivity contribution is -0.127. The molecule has 0 fully saturated rings. The van der Waals surface area contributed by atoms with Crippen LogP contribution < -0.4 is 10.1 Å². The molecule has 0 aliphatic heterocycles. The van der Waals surface area contributed by atoms with Gasteiger partial charge in [-0.1, -0.05) is 72.3 Å². The molecule has 1 amide bonds. The van der Waals surface area contributed by atoms with E-state index in [2.05, 4.69) is 5.32 Å². The third-order valence-electron chi connectivity index (χ3n) is 4.40. The fourth-order valence-electron chi connectivity index (χ4n) is 2.95. The Morgan fingerprint density at radius 1 is 0.963 bits per heavy atom. The van der Waals surface area contributed by atoms with Crippen LogP contribution in [0.1, 0.15) is 29.7 Å². The van der Waals surface area contributed by atoms with Crippen LogP contribution >= 0.6 is 11.6 Å². The van der Waals surface area contributed by atoms with E-state index in [-0.39, 0.29) is 11.9 Å². The number of benzene rings is 3. The van der Waals surface area contributed by atoms with Crippen LogP contribution in [0.25, 0.3) is 0 Å². The molecular weight excluding hydrogens is 358 g/mol. The zero-order chi connectivity index (χ0) is 19.2. The van der Waals surface area contributed by atoms with Crippen molar-refractivity contribution >= 4 is 17.5 Å². The van der Waals surface area contributed by atoms with Gasteiger partial charge in [0, 0.05) is 5.02 Å². The topological polar surface area (TPSA) is 38.3 Å². The van der Waals surface area contributed by atoms with Crippen LogP contribution in [0.2, 0.25) is 5.02 Å². The van der Waals surface area contributed by atoms with Crippen LogP contribution in [0, 0.1) is 6.92 Å². The number of carbonyl (C=O) groups is 1. The number of amides is 1. The second kappa shape index (κ2) is 8.74. The third-order valence-corrected chi connectivity index (χ3v) is 4.63. The highest BCUT2D eigenvalue weighted by Gasteiger charge is 2.22. The molecule has 3 nitrogen and oxygen atoms in total. The fourth-order valence-corrected chi connectivity index (χ4v) is 3.13. The summed E-state index contributed by atoms with van der Waals surface area (Å²) in [5.41, 5.74) is 3.21. The molecule has 138 valence electrons. The number of hydrogen-bond acceptors (Lipinski definition) is 2. The van der Waals surface area contributed by atoms with Gasteiger partial charge in [0.15, 0.2) is 6.10 Å². The van der Waals surface area contributed by atoms with Gasteiger partial charge in [0.05, 0.1) is 6.04 Å². The molecule has 0 unspecified atom stereocenters. The average Bonchev–Trinajstić information content (AvgIpc) is 2.67. The third kappa shape index (κ3) is 4.89. The van der Waals surface area contributed by atoms with Crippen molar-refractivity contribution in [2.45, 2.75) is 26.0 Å². The second-order valence-corrected chi connectivity index (χ2v) is 6.86. The quantitative estimate of drug-likeness (QED) is 0.629. The van der Waals surface area contributed by atoms with Gasteiger partial charge in [0.2, 0.25) is 0 Å². The van der Waals surface area contributed by atoms with E-state index in [0.717, 1.165) is 16.7 Å². The summed E-state index contributed by atoms with van der Waals surface area (Å²) in [6, 6.07) is 24.8. The molecular formula is C23H22ClNO2. The number of halogens is 1. The van der Waals surface area contributed by atoms with Crippen molar-refractivity contribution < 1.29 is 9.53 Å². The first-order valence-electron chi connectivity index (χ1n) is 8.87. The van der Waals surface area contributed by atoms with Crippen molar-refractivity contribution in [3.8, 4) is 5.75 Å². The molecule has 3 rings (SSSR count). The highest BCUT2D eigenvalue weighted by Crippen LogP contribution is 2.25. The molecule has 0 saturated heterocycles. The first-order valence-corrected chi connectivity index (χ1v) is 9.25. The van der Waals surface area contributed by atoms with Gasteiger partial charge in [-0.05, 0) is 48.7 Å². The first kappa shape index (κ1) is 19.0. The summed E-state index contributed by atoms with van der Waals surface area (Å²) in [5, 5.41) is 3.70. The Labute approximate surface area is 164 Å². The largest absolute Gasteiger partial charge is 0.481 e. The minimum atomic E-state index is -0.654. The molecule has 1 N–H and O–H groups in total. The molecule has 3 aromatic carbocycles. The van der Waals surface area contributed by atoms with Gasteiger partial charge in [-0.15, -0.1) is 0 Å². The first-order chi connectivity index (χ1) is 13.0. The van der Waals surface area contributed by atoms with E-state index in [1.165, 1.54) is 0 Å². The maximum absolute atomic E-state index is 12.8. The van der Waals surface area contributed by atoms with Crippen LogP contribution in [-0.2, 0) is 4.79 Å². The van der Waals surface area contributed by atoms with Crippen LogP contribution in [0.5, 0.6) is 5.75 Å². The maximum Gasteiger partial charge on any atom is 0.261 e. The Morgan fingerprint density at radius 2 is 1.67 bits per heavy atom. The molecule has 2 atom stereocenters. The van der Waals surface area contributed by atoms with Crippen molar-refractivity contribution in [1.29, 1.82) is 0 Å². The Balaban J connectivity index is 1.81. The van der Waals surface area contributed by atoms with E-state index >= 15 is 0 Å². The summed E-state index contributed by atoms with van der Waals surface area (Å²) in [5.74, 6) is 0.379. The van der Waals surface area contributed by atoms with Gasteiger partial charge < -0.3 is 10.1 Å². The standard InChI is InChI=1S/C23H22ClNO2/c1-16-9-6-7-14-21(16)22(18-10-4-3-5-11-18)25-23(26)17(2)27-20-13-8-12-19(24)15-20/h3-15,17,22H,1-2H3,(H,25,26)/t17-,22+/m0/s1. The van der Waals surface area contributed by atoms with E-state index in [1.807, 2.05) is 61.5 Å². The SMILES string of the molecule is Cc1ccccc1[C@H](NC(=O)[C@H](C)Oc1cccc(Cl)c1)c1ccccc1. The molecule has 0 spiro atoms. The van der Waals surface area contributed by atoms with Crippen molar-refractivity contribution in [3.05, 3.63) is 101 Å². The van der Waals surface area contributed by atoms with Crippen molar-refractivity contribution in [2.24, 2.45) is 0 Å². The Hall–Kier alpha value is -2.78. The van der Waals surface area contributed by atoms with E-state index in [1.54, 1.807) is 31.2 Å². The normalized spacial score (nSPS) is 12.9. The van der Waals surface area contributed by atoms with E-state index in [9.17, 15) is 4.79 Å². The van der Waals surface area contributed by atoms with Crippen LogP contribution in [0.4, 0.5) is 0 Å². The second-order valence-electron chi connectivity index (χ2n) is 6.43. The minimum Gasteiger partial charge on any atom is -0.481 e. The van der Waals surface area contributed by atoms with Crippen molar-refractivity contribution in [2.75, 3.05) is 0 Å². The lowest BCUT2D eigenvalue weighted by Gasteiger charge is -2.24. The molecule has 0 bridgehead atoms. The molecule has 0 heterocycles. The molecule has 27 heavy (non-hydrogen) atoms. The number of ether oxygens (including phenoxy) is 1. The highest BCUT2D eigenvalue weighted by molar-refractivity contribution is 6.30. The smallest absolute Gasteiger partial charge is 0.261 e. The summed E-state index contributed by atoms with van der Waals surface area (Å²) in [6.07, 6.45) is -0.654. The zero-order valence-corrected chi connectivity index (χ0v) is 16.1. The number of nitrogens with one attached hydrogen (secondary N) is 1. The minimum absolute atomic E-state index is 0.188. The predicted octanol–water partition coefficient (Wildman–Crippen LogP) is 5.32. The molecule has 0 aliphatic rings. The van der Waals surface area contributed by atoms with Crippen molar-refractivity contribution in [3.63, 3.8) is 0 Å². The Bertz CT molecular complexity index is 911. The number of rotatable bonds is 6. The van der Waals surface area contributed by atoms with Gasteiger partial charge in [-0.3, -0.25) is 4.79 Å². The average molecular weight is 380 g/mol. The summed E-state index contributed by atoms with van der Waals surface area (Å²) in [6.45, 7) is 3.78. The Kier molecular flexibility index (Phi) is 6.15. The van der Waals surface area contributed by atoms with E-state index < -0.39 is 6.10 Å². The van der Waals surface area contributed by atoms with E-state index in [0.29, 0.717) is 10.8 Å². The molecule has 0 radical (unpaired) electrons. The summed E-state index contributed by atoms with van der Waals surface area (Å²) < 4.78 is 5.76. The van der Waals surface area contributed by atoms with Crippen LogP contribution in [0.3, 0.4) is 0 Å². The highest BCUT2D eigenvalue weighted by atomic mass is 35.5. The summed E-state index contributed by atoms with van der Waals surface area (Å²) in [4.78, 5) is 12.8. The Morgan fingerprint density at radius 3 is 2.37 bits per heavy atom. The van der Waals surface area contributed by atoms with Crippen molar-refractivity contribution in [1.82, 2.24) is 5.32 Å². The maximum atomic E-state index is 12.8. The molecule has 4 heteroatoms. The van der Waals surface area contributed by atoms with Gasteiger partial charge in [0.1, 0.15) is 5.75 Å². The fraction of sp³-hybridized carbons (Fsp3) is 0.174. The van der Waals surface area contributed by atoms with Crippen LogP contribution in [0.15, 0.2) is 78.9 Å². The molecule has 0 aliphatic carbocycles. The lowest BCUT2D eigenvalue weighted by Crippen LogP contribution is -2.39. The lowest BCUT2D eigenvalue weighted by atomic mass is 9.95. The van der Waals surface area contributed by atoms with E-state index in [4.69, 9.17) is 16.3 Å². The number of carbonyl (C=O) groups excluding carboxylic acids is 1. The number of hydrogen-bond donors (Lipinski definition) is 1.